The van der Waals surface area contributed by atoms with Crippen LogP contribution in [0.25, 0.3) is 0 Å². The number of carbonyl (C=O) groups excluding carboxylic acids is 1. The third-order valence-electron chi connectivity index (χ3n) is 3.02. The minimum atomic E-state index is -0.0834. The third kappa shape index (κ3) is 4.68. The number of nitrogens with zero attached hydrogens (tertiary/aromatic N) is 2. The van der Waals surface area contributed by atoms with E-state index in [-0.39, 0.29) is 12.0 Å². The summed E-state index contributed by atoms with van der Waals surface area (Å²) >= 11 is 1.89. The smallest absolute Gasteiger partial charge is 0.251 e. The minimum absolute atomic E-state index is 0.0834. The van der Waals surface area contributed by atoms with E-state index in [2.05, 4.69) is 10.3 Å². The molecule has 1 fully saturated rings. The normalized spacial score (nSPS) is 18.2. The summed E-state index contributed by atoms with van der Waals surface area (Å²) < 4.78 is 5.79. The Morgan fingerprint density at radius 3 is 3.15 bits per heavy atom. The Morgan fingerprint density at radius 1 is 1.60 bits per heavy atom. The first kappa shape index (κ1) is 15.1. The lowest BCUT2D eigenvalue weighted by Gasteiger charge is -2.13. The van der Waals surface area contributed by atoms with E-state index in [9.17, 15) is 4.79 Å². The van der Waals surface area contributed by atoms with Gasteiger partial charge in [-0.25, -0.2) is 4.98 Å². The van der Waals surface area contributed by atoms with E-state index in [1.54, 1.807) is 18.3 Å². The molecule has 1 aliphatic rings. The number of hydrogen-bond donors (Lipinski definition) is 1. The maximum absolute atomic E-state index is 12.0. The summed E-state index contributed by atoms with van der Waals surface area (Å²) in [6.45, 7) is 1.45. The predicted octanol–water partition coefficient (Wildman–Crippen LogP) is 1.26. The molecule has 1 aromatic rings. The molecule has 0 bridgehead atoms. The van der Waals surface area contributed by atoms with Crippen molar-refractivity contribution in [3.8, 4) is 5.88 Å². The van der Waals surface area contributed by atoms with Gasteiger partial charge in [-0.2, -0.15) is 11.8 Å². The highest BCUT2D eigenvalue weighted by atomic mass is 32.2. The zero-order valence-electron chi connectivity index (χ0n) is 12.0. The van der Waals surface area contributed by atoms with Crippen LogP contribution < -0.4 is 10.1 Å². The van der Waals surface area contributed by atoms with Crippen LogP contribution in [0.5, 0.6) is 5.88 Å². The average Bonchev–Trinajstić information content (AvgIpc) is 2.91. The monoisotopic (exact) mass is 295 g/mol. The van der Waals surface area contributed by atoms with Crippen LogP contribution >= 0.6 is 11.8 Å². The highest BCUT2D eigenvalue weighted by Gasteiger charge is 2.18. The molecule has 2 heterocycles. The summed E-state index contributed by atoms with van der Waals surface area (Å²) in [6, 6.07) is 3.43. The number of likely N-dealkylation sites (N-methyl/N-ethyl adjacent to an activating group) is 1. The number of nitrogens with one attached hydrogen (secondary N) is 1. The lowest BCUT2D eigenvalue weighted by atomic mass is 10.2. The third-order valence-corrected chi connectivity index (χ3v) is 4.15. The zero-order valence-corrected chi connectivity index (χ0v) is 12.8. The van der Waals surface area contributed by atoms with Crippen LogP contribution in [0.2, 0.25) is 0 Å². The number of carbonyl (C=O) groups is 1. The van der Waals surface area contributed by atoms with Gasteiger partial charge in [0, 0.05) is 36.7 Å². The molecule has 110 valence electrons. The molecule has 1 aromatic heterocycles. The first-order valence-corrected chi connectivity index (χ1v) is 7.94. The maximum atomic E-state index is 12.0. The molecule has 1 amide bonds. The van der Waals surface area contributed by atoms with Crippen LogP contribution in [0, 0.1) is 0 Å². The van der Waals surface area contributed by atoms with E-state index < -0.39 is 0 Å². The Balaban J connectivity index is 1.89. The number of aromatic nitrogens is 1. The van der Waals surface area contributed by atoms with Crippen LogP contribution in [-0.2, 0) is 0 Å². The quantitative estimate of drug-likeness (QED) is 0.856. The molecule has 0 aliphatic carbocycles. The van der Waals surface area contributed by atoms with Crippen LogP contribution in [-0.4, -0.2) is 60.6 Å². The van der Waals surface area contributed by atoms with Crippen molar-refractivity contribution in [3.05, 3.63) is 23.9 Å². The summed E-state index contributed by atoms with van der Waals surface area (Å²) in [5.74, 6) is 2.59. The SMILES string of the molecule is CN(C)CCNC(=O)c1ccnc(O[C@H]2CCSC2)c1. The second-order valence-electron chi connectivity index (χ2n) is 5.05. The van der Waals surface area contributed by atoms with Crippen molar-refractivity contribution in [2.24, 2.45) is 0 Å². The molecular weight excluding hydrogens is 274 g/mol. The van der Waals surface area contributed by atoms with Gasteiger partial charge in [0.1, 0.15) is 6.10 Å². The van der Waals surface area contributed by atoms with Gasteiger partial charge in [0.2, 0.25) is 5.88 Å². The summed E-state index contributed by atoms with van der Waals surface area (Å²) in [7, 11) is 3.95. The van der Waals surface area contributed by atoms with Crippen molar-refractivity contribution in [3.63, 3.8) is 0 Å². The van der Waals surface area contributed by atoms with Gasteiger partial charge >= 0.3 is 0 Å². The second kappa shape index (κ2) is 7.50. The summed E-state index contributed by atoms with van der Waals surface area (Å²) in [6.07, 6.45) is 2.89. The molecular formula is C14H21N3O2S. The van der Waals surface area contributed by atoms with Crippen molar-refractivity contribution >= 4 is 17.7 Å². The molecule has 0 unspecified atom stereocenters. The molecule has 2 rings (SSSR count). The van der Waals surface area contributed by atoms with E-state index in [4.69, 9.17) is 4.74 Å². The molecule has 6 heteroatoms. The van der Waals surface area contributed by atoms with Crippen molar-refractivity contribution in [2.45, 2.75) is 12.5 Å². The van der Waals surface area contributed by atoms with Gasteiger partial charge in [-0.05, 0) is 32.3 Å². The number of hydrogen-bond acceptors (Lipinski definition) is 5. The number of rotatable bonds is 6. The molecule has 0 spiro atoms. The Kier molecular flexibility index (Phi) is 5.67. The second-order valence-corrected chi connectivity index (χ2v) is 6.20. The largest absolute Gasteiger partial charge is 0.473 e. The fraction of sp³-hybridized carbons (Fsp3) is 0.571. The zero-order chi connectivity index (χ0) is 14.4. The van der Waals surface area contributed by atoms with Crippen LogP contribution in [0.15, 0.2) is 18.3 Å². The fourth-order valence-corrected chi connectivity index (χ4v) is 2.98. The van der Waals surface area contributed by atoms with Crippen molar-refractivity contribution < 1.29 is 9.53 Å². The fourth-order valence-electron chi connectivity index (χ4n) is 1.89. The Hall–Kier alpha value is -1.27. The standard InChI is InChI=1S/C14H21N3O2S/c1-17(2)7-6-16-14(18)11-3-5-15-13(9-11)19-12-4-8-20-10-12/h3,5,9,12H,4,6-8,10H2,1-2H3,(H,16,18)/t12-/m0/s1. The molecule has 1 atom stereocenters. The molecule has 5 nitrogen and oxygen atoms in total. The lowest BCUT2D eigenvalue weighted by molar-refractivity contribution is 0.0950. The van der Waals surface area contributed by atoms with E-state index in [1.165, 1.54) is 0 Å². The van der Waals surface area contributed by atoms with E-state index in [0.717, 1.165) is 24.5 Å². The Bertz CT molecular complexity index is 448. The highest BCUT2D eigenvalue weighted by Crippen LogP contribution is 2.22. The number of thioether (sulfide) groups is 1. The van der Waals surface area contributed by atoms with Gasteiger partial charge in [-0.1, -0.05) is 0 Å². The Morgan fingerprint density at radius 2 is 2.45 bits per heavy atom. The topological polar surface area (TPSA) is 54.5 Å². The van der Waals surface area contributed by atoms with E-state index in [1.807, 2.05) is 30.8 Å². The van der Waals surface area contributed by atoms with Crippen LogP contribution in [0.3, 0.4) is 0 Å². The van der Waals surface area contributed by atoms with Crippen molar-refractivity contribution in [1.29, 1.82) is 0 Å². The summed E-state index contributed by atoms with van der Waals surface area (Å²) in [5, 5.41) is 2.88. The average molecular weight is 295 g/mol. The van der Waals surface area contributed by atoms with Gasteiger partial charge in [0.25, 0.3) is 5.91 Å². The Labute approximate surface area is 124 Å². The molecule has 1 aliphatic heterocycles. The summed E-state index contributed by atoms with van der Waals surface area (Å²) in [4.78, 5) is 18.2. The first-order chi connectivity index (χ1) is 9.65. The maximum Gasteiger partial charge on any atom is 0.251 e. The van der Waals surface area contributed by atoms with E-state index >= 15 is 0 Å². The van der Waals surface area contributed by atoms with Crippen LogP contribution in [0.1, 0.15) is 16.8 Å². The molecule has 20 heavy (non-hydrogen) atoms. The molecule has 0 saturated carbocycles. The van der Waals surface area contributed by atoms with E-state index in [0.29, 0.717) is 18.0 Å². The van der Waals surface area contributed by atoms with Crippen molar-refractivity contribution in [2.75, 3.05) is 38.7 Å². The lowest BCUT2D eigenvalue weighted by Crippen LogP contribution is -2.31. The number of pyridine rings is 1. The van der Waals surface area contributed by atoms with Gasteiger partial charge < -0.3 is 15.0 Å². The van der Waals surface area contributed by atoms with Gasteiger partial charge in [0.05, 0.1) is 0 Å². The minimum Gasteiger partial charge on any atom is -0.473 e. The predicted molar refractivity (Wildman–Crippen MR) is 81.5 cm³/mol. The molecule has 1 N–H and O–H groups in total. The summed E-state index contributed by atoms with van der Waals surface area (Å²) in [5.41, 5.74) is 0.597. The highest BCUT2D eigenvalue weighted by molar-refractivity contribution is 7.99. The molecule has 0 aromatic carbocycles. The number of ether oxygens (including phenoxy) is 1. The number of amides is 1. The van der Waals surface area contributed by atoms with Crippen LogP contribution in [0.4, 0.5) is 0 Å². The van der Waals surface area contributed by atoms with Crippen molar-refractivity contribution in [1.82, 2.24) is 15.2 Å². The first-order valence-electron chi connectivity index (χ1n) is 6.78. The van der Waals surface area contributed by atoms with Gasteiger partial charge in [-0.15, -0.1) is 0 Å². The van der Waals surface area contributed by atoms with Gasteiger partial charge in [-0.3, -0.25) is 4.79 Å². The molecule has 0 radical (unpaired) electrons. The molecule has 1 saturated heterocycles. The van der Waals surface area contributed by atoms with Gasteiger partial charge in [0.15, 0.2) is 0 Å².